The van der Waals surface area contributed by atoms with Gasteiger partial charge in [0.15, 0.2) is 17.5 Å². The Morgan fingerprint density at radius 2 is 1.81 bits per heavy atom. The first-order chi connectivity index (χ1) is 14.8. The van der Waals surface area contributed by atoms with Crippen molar-refractivity contribution in [3.8, 4) is 0 Å². The summed E-state index contributed by atoms with van der Waals surface area (Å²) >= 11 is 0. The van der Waals surface area contributed by atoms with Gasteiger partial charge < -0.3 is 10.2 Å². The summed E-state index contributed by atoms with van der Waals surface area (Å²) in [4.78, 5) is 14.6. The predicted octanol–water partition coefficient (Wildman–Crippen LogP) is 2.98. The topological polar surface area (TPSA) is 87.5 Å². The fraction of sp³-hybridized carbons (Fsp3) is 0.474. The highest BCUT2D eigenvalue weighted by Crippen LogP contribution is 2.42. The van der Waals surface area contributed by atoms with Gasteiger partial charge in [0.25, 0.3) is 0 Å². The Kier molecular flexibility index (Phi) is 4.65. The lowest BCUT2D eigenvalue weighted by atomic mass is 10.1. The number of aromatic nitrogens is 2. The number of urea groups is 1. The molecule has 2 fully saturated rings. The highest BCUT2D eigenvalue weighted by atomic mass is 32.2. The van der Waals surface area contributed by atoms with Crippen LogP contribution in [0.2, 0.25) is 0 Å². The second-order valence-corrected chi connectivity index (χ2v) is 10.1. The number of halogens is 3. The predicted molar refractivity (Wildman–Crippen MR) is 106 cm³/mol. The molecule has 31 heavy (non-hydrogen) atoms. The molecule has 0 unspecified atom stereocenters. The van der Waals surface area contributed by atoms with Crippen LogP contribution in [0.4, 0.5) is 29.3 Å². The number of sulfonamides is 1. The minimum absolute atomic E-state index is 0.0650. The molecule has 1 N–H and O–H groups in total. The SMILES string of the molecule is O=C(Nc1cc(F)c(F)c(F)c1)N1Cc2c(N3CCCS3(=O)=O)cnn2[C@@H]2CCC[C@@H]21. The second kappa shape index (κ2) is 7.14. The molecule has 5 rings (SSSR count). The Labute approximate surface area is 176 Å². The van der Waals surface area contributed by atoms with Crippen LogP contribution in [0.1, 0.15) is 37.4 Å². The number of rotatable bonds is 2. The second-order valence-electron chi connectivity index (χ2n) is 8.04. The van der Waals surface area contributed by atoms with E-state index in [1.54, 1.807) is 4.90 Å². The first-order valence-corrected chi connectivity index (χ1v) is 11.7. The van der Waals surface area contributed by atoms with Crippen LogP contribution in [0.3, 0.4) is 0 Å². The van der Waals surface area contributed by atoms with Crippen LogP contribution in [-0.4, -0.2) is 47.5 Å². The van der Waals surface area contributed by atoms with Crippen LogP contribution in [0.5, 0.6) is 0 Å². The van der Waals surface area contributed by atoms with Gasteiger partial charge in [-0.05, 0) is 25.7 Å². The Morgan fingerprint density at radius 3 is 2.48 bits per heavy atom. The third-order valence-electron chi connectivity index (χ3n) is 6.22. The molecule has 8 nitrogen and oxygen atoms in total. The fourth-order valence-corrected chi connectivity index (χ4v) is 6.40. The van der Waals surface area contributed by atoms with E-state index in [1.165, 1.54) is 10.5 Å². The van der Waals surface area contributed by atoms with E-state index in [0.717, 1.165) is 31.4 Å². The van der Waals surface area contributed by atoms with Crippen LogP contribution in [0.25, 0.3) is 0 Å². The van der Waals surface area contributed by atoms with Gasteiger partial charge in [0.1, 0.15) is 0 Å². The summed E-state index contributed by atoms with van der Waals surface area (Å²) in [5.41, 5.74) is 0.872. The number of carbonyl (C=O) groups is 1. The molecule has 1 aromatic carbocycles. The zero-order chi connectivity index (χ0) is 21.9. The van der Waals surface area contributed by atoms with Crippen molar-refractivity contribution in [2.75, 3.05) is 21.9 Å². The van der Waals surface area contributed by atoms with E-state index in [-0.39, 0.29) is 30.1 Å². The maximum atomic E-state index is 13.5. The zero-order valence-corrected chi connectivity index (χ0v) is 17.2. The molecule has 0 bridgehead atoms. The molecule has 2 aromatic rings. The normalized spacial score (nSPS) is 24.2. The lowest BCUT2D eigenvalue weighted by molar-refractivity contribution is 0.139. The Morgan fingerprint density at radius 1 is 1.10 bits per heavy atom. The number of anilines is 2. The average molecular weight is 455 g/mol. The summed E-state index contributed by atoms with van der Waals surface area (Å²) in [5.74, 6) is -4.33. The summed E-state index contributed by atoms with van der Waals surface area (Å²) in [7, 11) is -3.42. The monoisotopic (exact) mass is 455 g/mol. The van der Waals surface area contributed by atoms with Crippen LogP contribution >= 0.6 is 0 Å². The summed E-state index contributed by atoms with van der Waals surface area (Å²) in [5, 5.41) is 6.87. The third-order valence-corrected chi connectivity index (χ3v) is 8.07. The Hall–Kier alpha value is -2.76. The zero-order valence-electron chi connectivity index (χ0n) is 16.4. The van der Waals surface area contributed by atoms with Crippen molar-refractivity contribution < 1.29 is 26.4 Å². The highest BCUT2D eigenvalue weighted by molar-refractivity contribution is 7.93. The van der Waals surface area contributed by atoms with Gasteiger partial charge in [-0.15, -0.1) is 0 Å². The fourth-order valence-electron chi connectivity index (χ4n) is 4.83. The number of hydrogen-bond acceptors (Lipinski definition) is 4. The van der Waals surface area contributed by atoms with Gasteiger partial charge >= 0.3 is 6.03 Å². The van der Waals surface area contributed by atoms with Crippen molar-refractivity contribution in [1.82, 2.24) is 14.7 Å². The van der Waals surface area contributed by atoms with Crippen molar-refractivity contribution in [2.45, 2.75) is 44.3 Å². The molecule has 166 valence electrons. The number of hydrogen-bond donors (Lipinski definition) is 1. The average Bonchev–Trinajstić information content (AvgIpc) is 3.42. The van der Waals surface area contributed by atoms with E-state index >= 15 is 0 Å². The van der Waals surface area contributed by atoms with Crippen molar-refractivity contribution in [3.63, 3.8) is 0 Å². The molecule has 1 aliphatic carbocycles. The lowest BCUT2D eigenvalue weighted by Crippen LogP contribution is -2.49. The maximum Gasteiger partial charge on any atom is 0.322 e. The van der Waals surface area contributed by atoms with Gasteiger partial charge in [-0.3, -0.25) is 8.99 Å². The number of benzene rings is 1. The molecule has 2 atom stereocenters. The molecule has 1 aromatic heterocycles. The molecule has 12 heteroatoms. The van der Waals surface area contributed by atoms with Gasteiger partial charge in [0, 0.05) is 24.4 Å². The molecule has 2 aliphatic heterocycles. The maximum absolute atomic E-state index is 13.5. The number of carbonyl (C=O) groups excluding carboxylic acids is 1. The summed E-state index contributed by atoms with van der Waals surface area (Å²) in [6, 6.07) is 0.545. The minimum Gasteiger partial charge on any atom is -0.313 e. The van der Waals surface area contributed by atoms with E-state index in [2.05, 4.69) is 10.4 Å². The lowest BCUT2D eigenvalue weighted by Gasteiger charge is -2.39. The van der Waals surface area contributed by atoms with Gasteiger partial charge in [0.2, 0.25) is 10.0 Å². The van der Waals surface area contributed by atoms with Crippen LogP contribution in [0.15, 0.2) is 18.3 Å². The Balaban J connectivity index is 1.47. The van der Waals surface area contributed by atoms with Crippen molar-refractivity contribution in [3.05, 3.63) is 41.5 Å². The standard InChI is InChI=1S/C19H20F3N5O3S/c20-12-7-11(8-13(21)18(12)22)24-19(28)25-10-17-16(26-5-2-6-31(26,29)30)9-23-27(17)15-4-1-3-14(15)25/h7-9,14-15H,1-6,10H2,(H,24,28)/t14-,15+/m0/s1. The smallest absolute Gasteiger partial charge is 0.313 e. The first kappa shape index (κ1) is 20.2. The van der Waals surface area contributed by atoms with E-state index < -0.39 is 33.5 Å². The quantitative estimate of drug-likeness (QED) is 0.706. The minimum atomic E-state index is -3.42. The van der Waals surface area contributed by atoms with Crippen LogP contribution < -0.4 is 9.62 Å². The molecular formula is C19H20F3N5O3S. The van der Waals surface area contributed by atoms with Crippen molar-refractivity contribution in [1.29, 1.82) is 0 Å². The molecule has 0 spiro atoms. The number of fused-ring (bicyclic) bond motifs is 3. The van der Waals surface area contributed by atoms with Crippen LogP contribution in [-0.2, 0) is 16.6 Å². The van der Waals surface area contributed by atoms with E-state index in [9.17, 15) is 26.4 Å². The Bertz CT molecular complexity index is 1150. The first-order valence-electron chi connectivity index (χ1n) is 10.1. The van der Waals surface area contributed by atoms with E-state index in [4.69, 9.17) is 0 Å². The van der Waals surface area contributed by atoms with E-state index in [1.807, 2.05) is 4.68 Å². The molecular weight excluding hydrogens is 435 g/mol. The van der Waals surface area contributed by atoms with Gasteiger partial charge in [-0.1, -0.05) is 0 Å². The van der Waals surface area contributed by atoms with Gasteiger partial charge in [0.05, 0.1) is 42.0 Å². The molecule has 3 heterocycles. The number of amides is 2. The van der Waals surface area contributed by atoms with Crippen LogP contribution in [0, 0.1) is 17.5 Å². The third kappa shape index (κ3) is 3.24. The molecule has 3 aliphatic rings. The van der Waals surface area contributed by atoms with Crippen molar-refractivity contribution >= 4 is 27.4 Å². The highest BCUT2D eigenvalue weighted by Gasteiger charge is 2.44. The molecule has 1 saturated heterocycles. The number of nitrogens with zero attached hydrogens (tertiary/aromatic N) is 4. The molecule has 1 saturated carbocycles. The summed E-state index contributed by atoms with van der Waals surface area (Å²) < 4.78 is 68.3. The summed E-state index contributed by atoms with van der Waals surface area (Å²) in [6.45, 7) is 0.454. The van der Waals surface area contributed by atoms with Gasteiger partial charge in [-0.2, -0.15) is 5.10 Å². The summed E-state index contributed by atoms with van der Waals surface area (Å²) in [6.07, 6.45) is 4.40. The molecule has 2 amide bonds. The van der Waals surface area contributed by atoms with Crippen molar-refractivity contribution in [2.24, 2.45) is 0 Å². The van der Waals surface area contributed by atoms with Gasteiger partial charge in [-0.25, -0.2) is 26.4 Å². The van der Waals surface area contributed by atoms with E-state index in [0.29, 0.717) is 24.3 Å². The molecule has 0 radical (unpaired) electrons. The number of nitrogens with one attached hydrogen (secondary N) is 1. The largest absolute Gasteiger partial charge is 0.322 e.